The summed E-state index contributed by atoms with van der Waals surface area (Å²) in [5, 5.41) is 6.36. The minimum atomic E-state index is -3.77. The molecule has 1 aromatic heterocycles. The molecule has 8 heteroatoms. The van der Waals surface area contributed by atoms with Crippen LogP contribution >= 0.6 is 0 Å². The molecule has 2 aromatic rings. The van der Waals surface area contributed by atoms with E-state index in [-0.39, 0.29) is 11.6 Å². The standard InChI is InChI=1S/C12H16N4O3S/c1-8-11(7-13)12(15-14-8)20(17,18)16-9-3-5-10(19-2)6-4-9/h3-6,16H,7,13H2,1-2H3,(H,14,15). The van der Waals surface area contributed by atoms with Gasteiger partial charge in [0.25, 0.3) is 10.0 Å². The molecule has 0 aliphatic rings. The Labute approximate surface area is 117 Å². The van der Waals surface area contributed by atoms with Gasteiger partial charge in [-0.25, -0.2) is 0 Å². The Kier molecular flexibility index (Phi) is 3.96. The van der Waals surface area contributed by atoms with Gasteiger partial charge in [-0.3, -0.25) is 9.82 Å². The van der Waals surface area contributed by atoms with Crippen LogP contribution in [0.4, 0.5) is 5.69 Å². The second-order valence-corrected chi connectivity index (χ2v) is 5.77. The van der Waals surface area contributed by atoms with E-state index in [1.165, 1.54) is 0 Å². The van der Waals surface area contributed by atoms with Crippen LogP contribution in [-0.2, 0) is 16.6 Å². The number of nitrogens with two attached hydrogens (primary N) is 1. The molecule has 4 N–H and O–H groups in total. The highest BCUT2D eigenvalue weighted by Crippen LogP contribution is 2.21. The highest BCUT2D eigenvalue weighted by atomic mass is 32.2. The van der Waals surface area contributed by atoms with Crippen molar-refractivity contribution in [2.24, 2.45) is 5.73 Å². The van der Waals surface area contributed by atoms with Crippen LogP contribution in [0.2, 0.25) is 0 Å². The van der Waals surface area contributed by atoms with Crippen LogP contribution in [0.15, 0.2) is 29.3 Å². The highest BCUT2D eigenvalue weighted by molar-refractivity contribution is 7.92. The van der Waals surface area contributed by atoms with Crippen molar-refractivity contribution in [1.29, 1.82) is 0 Å². The first-order valence-corrected chi connectivity index (χ1v) is 7.37. The third kappa shape index (κ3) is 2.75. The average molecular weight is 296 g/mol. The summed E-state index contributed by atoms with van der Waals surface area (Å²) in [6.07, 6.45) is 0. The molecular weight excluding hydrogens is 280 g/mol. The van der Waals surface area contributed by atoms with E-state index in [1.54, 1.807) is 38.3 Å². The lowest BCUT2D eigenvalue weighted by Crippen LogP contribution is -2.16. The van der Waals surface area contributed by atoms with E-state index in [4.69, 9.17) is 10.5 Å². The molecule has 1 heterocycles. The van der Waals surface area contributed by atoms with Gasteiger partial charge in [0.05, 0.1) is 7.11 Å². The van der Waals surface area contributed by atoms with E-state index in [0.29, 0.717) is 22.7 Å². The van der Waals surface area contributed by atoms with Gasteiger partial charge in [0, 0.05) is 23.5 Å². The van der Waals surface area contributed by atoms with E-state index in [2.05, 4.69) is 14.9 Å². The lowest BCUT2D eigenvalue weighted by molar-refractivity contribution is 0.415. The third-order valence-electron chi connectivity index (χ3n) is 2.84. The fourth-order valence-corrected chi connectivity index (χ4v) is 3.02. The minimum Gasteiger partial charge on any atom is -0.497 e. The number of aryl methyl sites for hydroxylation is 1. The molecule has 0 saturated carbocycles. The lowest BCUT2D eigenvalue weighted by atomic mass is 10.3. The first kappa shape index (κ1) is 14.4. The molecule has 0 fully saturated rings. The highest BCUT2D eigenvalue weighted by Gasteiger charge is 2.23. The van der Waals surface area contributed by atoms with Gasteiger partial charge in [-0.15, -0.1) is 0 Å². The molecule has 0 amide bonds. The second kappa shape index (κ2) is 5.51. The largest absolute Gasteiger partial charge is 0.497 e. The second-order valence-electron chi connectivity index (χ2n) is 4.17. The van der Waals surface area contributed by atoms with Crippen molar-refractivity contribution in [3.8, 4) is 5.75 Å². The molecule has 0 unspecified atom stereocenters. The number of aromatic amines is 1. The first-order valence-electron chi connectivity index (χ1n) is 5.88. The van der Waals surface area contributed by atoms with E-state index < -0.39 is 10.0 Å². The summed E-state index contributed by atoms with van der Waals surface area (Å²) < 4.78 is 32.0. The van der Waals surface area contributed by atoms with Crippen molar-refractivity contribution in [2.75, 3.05) is 11.8 Å². The summed E-state index contributed by atoms with van der Waals surface area (Å²) >= 11 is 0. The number of nitrogens with one attached hydrogen (secondary N) is 2. The molecule has 0 bridgehead atoms. The zero-order valence-corrected chi connectivity index (χ0v) is 12.0. The number of sulfonamides is 1. The van der Waals surface area contributed by atoms with Crippen LogP contribution in [0.25, 0.3) is 0 Å². The summed E-state index contributed by atoms with van der Waals surface area (Å²) in [6.45, 7) is 1.82. The predicted octanol–water partition coefficient (Wildman–Crippen LogP) is 0.986. The van der Waals surface area contributed by atoms with Gasteiger partial charge < -0.3 is 10.5 Å². The quantitative estimate of drug-likeness (QED) is 0.762. The number of aromatic nitrogens is 2. The Hall–Kier alpha value is -2.06. The van der Waals surface area contributed by atoms with Gasteiger partial charge in [0.15, 0.2) is 0 Å². The summed E-state index contributed by atoms with van der Waals surface area (Å²) in [5.41, 5.74) is 7.10. The summed E-state index contributed by atoms with van der Waals surface area (Å²) in [7, 11) is -2.23. The Morgan fingerprint density at radius 3 is 2.55 bits per heavy atom. The SMILES string of the molecule is COc1ccc(NS(=O)(=O)c2n[nH]c(C)c2CN)cc1. The third-order valence-corrected chi connectivity index (χ3v) is 4.19. The van der Waals surface area contributed by atoms with Crippen LogP contribution in [0, 0.1) is 6.92 Å². The minimum absolute atomic E-state index is 0.0756. The number of hydrogen-bond donors (Lipinski definition) is 3. The zero-order chi connectivity index (χ0) is 14.8. The fourth-order valence-electron chi connectivity index (χ4n) is 1.76. The van der Waals surface area contributed by atoms with Gasteiger partial charge in [-0.05, 0) is 31.2 Å². The molecule has 2 rings (SSSR count). The van der Waals surface area contributed by atoms with Crippen molar-refractivity contribution >= 4 is 15.7 Å². The maximum atomic E-state index is 12.3. The van der Waals surface area contributed by atoms with E-state index in [9.17, 15) is 8.42 Å². The number of nitrogens with zero attached hydrogens (tertiary/aromatic N) is 1. The van der Waals surface area contributed by atoms with Crippen molar-refractivity contribution in [3.63, 3.8) is 0 Å². The van der Waals surface area contributed by atoms with Gasteiger partial charge >= 0.3 is 0 Å². The zero-order valence-electron chi connectivity index (χ0n) is 11.2. The van der Waals surface area contributed by atoms with Gasteiger partial charge in [-0.1, -0.05) is 0 Å². The average Bonchev–Trinajstić information content (AvgIpc) is 2.81. The lowest BCUT2D eigenvalue weighted by Gasteiger charge is -2.08. The Balaban J connectivity index is 2.30. The van der Waals surface area contributed by atoms with Crippen molar-refractivity contribution < 1.29 is 13.2 Å². The van der Waals surface area contributed by atoms with Crippen LogP contribution in [0.5, 0.6) is 5.75 Å². The molecule has 20 heavy (non-hydrogen) atoms. The number of methoxy groups -OCH3 is 1. The molecule has 0 saturated heterocycles. The van der Waals surface area contributed by atoms with Crippen molar-refractivity contribution in [1.82, 2.24) is 10.2 Å². The number of anilines is 1. The molecule has 0 aliphatic carbocycles. The molecule has 0 aliphatic heterocycles. The van der Waals surface area contributed by atoms with Crippen LogP contribution in [0.3, 0.4) is 0 Å². The summed E-state index contributed by atoms with van der Waals surface area (Å²) in [4.78, 5) is 0. The summed E-state index contributed by atoms with van der Waals surface area (Å²) in [6, 6.07) is 6.55. The molecule has 0 spiro atoms. The number of ether oxygens (including phenoxy) is 1. The van der Waals surface area contributed by atoms with Crippen molar-refractivity contribution in [2.45, 2.75) is 18.5 Å². The smallest absolute Gasteiger partial charge is 0.281 e. The Bertz CT molecular complexity index is 692. The monoisotopic (exact) mass is 296 g/mol. The first-order chi connectivity index (χ1) is 9.47. The molecule has 7 nitrogen and oxygen atoms in total. The molecule has 1 aromatic carbocycles. The molecule has 0 atom stereocenters. The molecule has 108 valence electrons. The Morgan fingerprint density at radius 1 is 1.35 bits per heavy atom. The number of benzene rings is 1. The fraction of sp³-hybridized carbons (Fsp3) is 0.250. The van der Waals surface area contributed by atoms with Gasteiger partial charge in [0.2, 0.25) is 5.03 Å². The maximum absolute atomic E-state index is 12.3. The van der Waals surface area contributed by atoms with E-state index in [1.807, 2.05) is 0 Å². The normalized spacial score (nSPS) is 11.3. The van der Waals surface area contributed by atoms with Gasteiger partial charge in [-0.2, -0.15) is 13.5 Å². The molecular formula is C12H16N4O3S. The van der Waals surface area contributed by atoms with E-state index in [0.717, 1.165) is 0 Å². The van der Waals surface area contributed by atoms with Crippen LogP contribution < -0.4 is 15.2 Å². The van der Waals surface area contributed by atoms with Crippen molar-refractivity contribution in [3.05, 3.63) is 35.5 Å². The van der Waals surface area contributed by atoms with E-state index >= 15 is 0 Å². The van der Waals surface area contributed by atoms with Crippen LogP contribution in [-0.4, -0.2) is 25.7 Å². The topological polar surface area (TPSA) is 110 Å². The predicted molar refractivity (Wildman–Crippen MR) is 75.0 cm³/mol. The maximum Gasteiger partial charge on any atom is 0.281 e. The number of hydrogen-bond acceptors (Lipinski definition) is 5. The Morgan fingerprint density at radius 2 is 2.00 bits per heavy atom. The molecule has 0 radical (unpaired) electrons. The van der Waals surface area contributed by atoms with Crippen LogP contribution in [0.1, 0.15) is 11.3 Å². The number of rotatable bonds is 5. The van der Waals surface area contributed by atoms with Gasteiger partial charge in [0.1, 0.15) is 5.75 Å². The summed E-state index contributed by atoms with van der Waals surface area (Å²) in [5.74, 6) is 0.645. The number of H-pyrrole nitrogens is 1.